The maximum absolute atomic E-state index is 13.2. The summed E-state index contributed by atoms with van der Waals surface area (Å²) in [5, 5.41) is 13.9. The van der Waals surface area contributed by atoms with Crippen LogP contribution >= 0.6 is 0 Å². The van der Waals surface area contributed by atoms with Gasteiger partial charge >= 0.3 is 12.4 Å². The molecule has 34 heavy (non-hydrogen) atoms. The van der Waals surface area contributed by atoms with Gasteiger partial charge in [0.25, 0.3) is 5.60 Å². The molecule has 1 aromatic carbocycles. The van der Waals surface area contributed by atoms with E-state index in [4.69, 9.17) is 0 Å². The number of aliphatic hydroxyl groups is 1. The van der Waals surface area contributed by atoms with E-state index >= 15 is 0 Å². The van der Waals surface area contributed by atoms with E-state index < -0.39 is 35.3 Å². The van der Waals surface area contributed by atoms with Crippen LogP contribution in [-0.2, 0) is 15.2 Å². The van der Waals surface area contributed by atoms with E-state index in [1.807, 2.05) is 0 Å². The van der Waals surface area contributed by atoms with Crippen molar-refractivity contribution >= 4 is 17.6 Å². The molecule has 1 saturated heterocycles. The minimum absolute atomic E-state index is 0.0334. The smallest absolute Gasteiger partial charge is 0.369 e. The van der Waals surface area contributed by atoms with Crippen molar-refractivity contribution in [1.29, 1.82) is 0 Å². The number of hydrogen-bond donors (Lipinski definition) is 1. The molecule has 0 bridgehead atoms. The molecule has 2 amide bonds. The average molecular weight is 484 g/mol. The molecular formula is C21H14F6N4O3. The average Bonchev–Trinajstić information content (AvgIpc) is 3.35. The third kappa shape index (κ3) is 3.71. The molecule has 0 spiro atoms. The molecule has 4 rings (SSSR count). The Kier molecular flexibility index (Phi) is 5.47. The van der Waals surface area contributed by atoms with Gasteiger partial charge in [-0.2, -0.15) is 31.4 Å². The summed E-state index contributed by atoms with van der Waals surface area (Å²) in [4.78, 5) is 29.3. The van der Waals surface area contributed by atoms with Crippen molar-refractivity contribution in [2.75, 3.05) is 4.90 Å². The van der Waals surface area contributed by atoms with Gasteiger partial charge in [0, 0.05) is 42.4 Å². The number of benzene rings is 1. The lowest BCUT2D eigenvalue weighted by Crippen LogP contribution is -2.53. The highest BCUT2D eigenvalue weighted by atomic mass is 19.4. The van der Waals surface area contributed by atoms with Gasteiger partial charge in [0.15, 0.2) is 0 Å². The molecule has 0 atom stereocenters. The van der Waals surface area contributed by atoms with Crippen molar-refractivity contribution in [1.82, 2.24) is 14.8 Å². The van der Waals surface area contributed by atoms with Crippen molar-refractivity contribution in [2.24, 2.45) is 0 Å². The van der Waals surface area contributed by atoms with E-state index in [2.05, 4.69) is 10.1 Å². The Morgan fingerprint density at radius 2 is 1.35 bits per heavy atom. The number of amides is 2. The van der Waals surface area contributed by atoms with Crippen molar-refractivity contribution in [2.45, 2.75) is 30.8 Å². The number of anilines is 1. The van der Waals surface area contributed by atoms with Crippen LogP contribution in [0.4, 0.5) is 32.2 Å². The molecule has 1 fully saturated rings. The second-order valence-corrected chi connectivity index (χ2v) is 7.41. The number of carbonyl (C=O) groups excluding carboxylic acids is 2. The highest BCUT2D eigenvalue weighted by molar-refractivity contribution is 6.19. The lowest BCUT2D eigenvalue weighted by atomic mass is 9.92. The molecule has 7 nitrogen and oxygen atoms in total. The first-order valence-corrected chi connectivity index (χ1v) is 9.67. The van der Waals surface area contributed by atoms with Crippen LogP contribution in [0.3, 0.4) is 0 Å². The monoisotopic (exact) mass is 484 g/mol. The summed E-state index contributed by atoms with van der Waals surface area (Å²) in [5.74, 6) is -1.10. The molecule has 1 aliphatic heterocycles. The van der Waals surface area contributed by atoms with Gasteiger partial charge in [-0.1, -0.05) is 12.1 Å². The SMILES string of the molecule is O=C1CCC(=O)N1c1cc(-c2ccncc2)nn1-c1ccc(C(O)(C(F)(F)F)C(F)(F)F)cc1. The summed E-state index contributed by atoms with van der Waals surface area (Å²) >= 11 is 0. The standard InChI is InChI=1S/C21H14F6N4O3/c22-20(23,24)19(34,21(25,26)27)13-1-3-14(4-2-13)31-16(30-17(32)5-6-18(30)33)11-15(29-31)12-7-9-28-10-8-12/h1-4,7-11,34H,5-6H2. The van der Waals surface area contributed by atoms with E-state index in [0.29, 0.717) is 17.7 Å². The lowest BCUT2D eigenvalue weighted by molar-refractivity contribution is -0.376. The molecule has 0 saturated carbocycles. The molecule has 0 unspecified atom stereocenters. The van der Waals surface area contributed by atoms with E-state index in [9.17, 15) is 41.0 Å². The summed E-state index contributed by atoms with van der Waals surface area (Å²) < 4.78 is 80.1. The van der Waals surface area contributed by atoms with Crippen LogP contribution in [0, 0.1) is 0 Å². The zero-order chi connectivity index (χ0) is 24.9. The summed E-state index contributed by atoms with van der Waals surface area (Å²) in [6.07, 6.45) is -9.26. The maximum Gasteiger partial charge on any atom is 0.430 e. The summed E-state index contributed by atoms with van der Waals surface area (Å²) in [5.41, 5.74) is -5.77. The van der Waals surface area contributed by atoms with Gasteiger partial charge in [0.2, 0.25) is 11.8 Å². The Hall–Kier alpha value is -3.74. The lowest BCUT2D eigenvalue weighted by Gasteiger charge is -2.32. The fourth-order valence-corrected chi connectivity index (χ4v) is 3.55. The second kappa shape index (κ2) is 7.94. The van der Waals surface area contributed by atoms with Crippen LogP contribution in [-0.4, -0.2) is 44.0 Å². The van der Waals surface area contributed by atoms with Crippen LogP contribution in [0.2, 0.25) is 0 Å². The van der Waals surface area contributed by atoms with Crippen molar-refractivity contribution in [3.8, 4) is 16.9 Å². The van der Waals surface area contributed by atoms with Crippen LogP contribution in [0.15, 0.2) is 54.9 Å². The van der Waals surface area contributed by atoms with E-state index in [1.54, 1.807) is 12.1 Å². The fourth-order valence-electron chi connectivity index (χ4n) is 3.55. The van der Waals surface area contributed by atoms with Crippen molar-refractivity contribution in [3.05, 3.63) is 60.4 Å². The Balaban J connectivity index is 1.84. The molecule has 3 aromatic rings. The molecule has 0 aliphatic carbocycles. The Labute approximate surface area is 187 Å². The minimum atomic E-state index is -6.04. The predicted molar refractivity (Wildman–Crippen MR) is 105 cm³/mol. The first kappa shape index (κ1) is 23.4. The number of alkyl halides is 6. The first-order valence-electron chi connectivity index (χ1n) is 9.67. The minimum Gasteiger partial charge on any atom is -0.369 e. The molecule has 1 N–H and O–H groups in total. The van der Waals surface area contributed by atoms with E-state index in [0.717, 1.165) is 21.7 Å². The van der Waals surface area contributed by atoms with E-state index in [-0.39, 0.29) is 30.0 Å². The summed E-state index contributed by atoms with van der Waals surface area (Å²) in [6.45, 7) is 0. The molecule has 3 heterocycles. The number of hydrogen-bond acceptors (Lipinski definition) is 5. The highest BCUT2D eigenvalue weighted by Gasteiger charge is 2.71. The quantitative estimate of drug-likeness (QED) is 0.449. The van der Waals surface area contributed by atoms with Gasteiger partial charge in [-0.25, -0.2) is 9.58 Å². The molecule has 178 valence electrons. The Morgan fingerprint density at radius 3 is 1.85 bits per heavy atom. The van der Waals surface area contributed by atoms with Gasteiger partial charge in [-0.15, -0.1) is 0 Å². The van der Waals surface area contributed by atoms with Crippen LogP contribution in [0.5, 0.6) is 0 Å². The Morgan fingerprint density at radius 1 is 0.824 bits per heavy atom. The number of nitrogens with zero attached hydrogens (tertiary/aromatic N) is 4. The largest absolute Gasteiger partial charge is 0.430 e. The maximum atomic E-state index is 13.2. The third-order valence-electron chi connectivity index (χ3n) is 5.30. The van der Waals surface area contributed by atoms with Crippen molar-refractivity contribution in [3.63, 3.8) is 0 Å². The molecule has 2 aromatic heterocycles. The topological polar surface area (TPSA) is 88.3 Å². The van der Waals surface area contributed by atoms with Gasteiger partial charge in [-0.3, -0.25) is 14.6 Å². The van der Waals surface area contributed by atoms with Gasteiger partial charge in [-0.05, 0) is 24.3 Å². The first-order chi connectivity index (χ1) is 15.8. The van der Waals surface area contributed by atoms with Crippen LogP contribution in [0.1, 0.15) is 18.4 Å². The molecule has 13 heteroatoms. The predicted octanol–water partition coefficient (Wildman–Crippen LogP) is 3.90. The number of imide groups is 1. The molecule has 1 aliphatic rings. The van der Waals surface area contributed by atoms with E-state index in [1.165, 1.54) is 18.5 Å². The van der Waals surface area contributed by atoms with Crippen LogP contribution in [0.25, 0.3) is 16.9 Å². The van der Waals surface area contributed by atoms with Crippen molar-refractivity contribution < 1.29 is 41.0 Å². The fraction of sp³-hybridized carbons (Fsp3) is 0.238. The number of carbonyl (C=O) groups is 2. The second-order valence-electron chi connectivity index (χ2n) is 7.41. The van der Waals surface area contributed by atoms with Gasteiger partial charge < -0.3 is 5.11 Å². The normalized spacial score (nSPS) is 15.3. The zero-order valence-electron chi connectivity index (χ0n) is 16.9. The number of halogens is 6. The highest BCUT2D eigenvalue weighted by Crippen LogP contribution is 2.50. The Bertz CT molecular complexity index is 1210. The molecular weight excluding hydrogens is 470 g/mol. The number of pyridine rings is 1. The summed E-state index contributed by atoms with van der Waals surface area (Å²) in [7, 11) is 0. The summed E-state index contributed by atoms with van der Waals surface area (Å²) in [6, 6.07) is 7.22. The number of rotatable bonds is 4. The molecule has 0 radical (unpaired) electrons. The third-order valence-corrected chi connectivity index (χ3v) is 5.30. The van der Waals surface area contributed by atoms with Gasteiger partial charge in [0.05, 0.1) is 11.4 Å². The van der Waals surface area contributed by atoms with Crippen LogP contribution < -0.4 is 4.90 Å². The zero-order valence-corrected chi connectivity index (χ0v) is 16.9. The van der Waals surface area contributed by atoms with Gasteiger partial charge in [0.1, 0.15) is 5.82 Å². The number of aromatic nitrogens is 3.